The summed E-state index contributed by atoms with van der Waals surface area (Å²) in [6, 6.07) is 11.9. The molecular formula is C25H24N8O. The Morgan fingerprint density at radius 3 is 2.79 bits per heavy atom. The average Bonchev–Trinajstić information content (AvgIpc) is 3.41. The first-order chi connectivity index (χ1) is 16.5. The van der Waals surface area contributed by atoms with Crippen molar-refractivity contribution in [3.05, 3.63) is 82.7 Å². The Labute approximate surface area is 196 Å². The molecule has 0 saturated carbocycles. The smallest absolute Gasteiger partial charge is 0.167 e. The summed E-state index contributed by atoms with van der Waals surface area (Å²) in [5.74, 6) is 0. The predicted octanol–water partition coefficient (Wildman–Crippen LogP) is 3.42. The number of carbonyl (C=O) groups excluding carboxylic acids is 1. The van der Waals surface area contributed by atoms with Crippen LogP contribution in [0.25, 0.3) is 22.1 Å². The van der Waals surface area contributed by atoms with E-state index in [-0.39, 0.29) is 0 Å². The van der Waals surface area contributed by atoms with Gasteiger partial charge in [-0.15, -0.1) is 0 Å². The summed E-state index contributed by atoms with van der Waals surface area (Å²) >= 11 is 0. The molecule has 1 N–H and O–H groups in total. The van der Waals surface area contributed by atoms with Gasteiger partial charge in [-0.05, 0) is 30.7 Å². The van der Waals surface area contributed by atoms with E-state index in [0.29, 0.717) is 35.4 Å². The number of nitrogens with zero attached hydrogens (tertiary/aromatic N) is 7. The highest BCUT2D eigenvalue weighted by molar-refractivity contribution is 6.03. The van der Waals surface area contributed by atoms with E-state index < -0.39 is 0 Å². The number of aromatic amines is 1. The monoisotopic (exact) mass is 452 g/mol. The van der Waals surface area contributed by atoms with Crippen LogP contribution in [-0.2, 0) is 20.0 Å². The molecule has 34 heavy (non-hydrogen) atoms. The molecule has 0 fully saturated rings. The third kappa shape index (κ3) is 4.03. The average molecular weight is 453 g/mol. The third-order valence-corrected chi connectivity index (χ3v) is 5.79. The molecule has 0 amide bonds. The number of rotatable bonds is 7. The minimum absolute atomic E-state index is 0.481. The van der Waals surface area contributed by atoms with Crippen molar-refractivity contribution in [1.82, 2.24) is 34.7 Å². The Hall–Kier alpha value is -4.40. The van der Waals surface area contributed by atoms with Crippen LogP contribution in [0, 0.1) is 6.92 Å². The molecule has 0 aliphatic heterocycles. The van der Waals surface area contributed by atoms with Crippen LogP contribution in [0.2, 0.25) is 0 Å². The maximum Gasteiger partial charge on any atom is 0.167 e. The molecule has 4 heterocycles. The normalized spacial score (nSPS) is 11.6. The van der Waals surface area contributed by atoms with Gasteiger partial charge in [0, 0.05) is 43.5 Å². The molecule has 0 aliphatic rings. The fourth-order valence-electron chi connectivity index (χ4n) is 4.10. The molecular weight excluding hydrogens is 428 g/mol. The van der Waals surface area contributed by atoms with Crippen molar-refractivity contribution >= 4 is 34.6 Å². The molecule has 5 rings (SSSR count). The number of nitrogens with one attached hydrogen (secondary N) is 1. The predicted molar refractivity (Wildman–Crippen MR) is 131 cm³/mol. The zero-order chi connectivity index (χ0) is 23.7. The standard InChI is InChI=1S/C25H24N8O/c1-16-6-4-8-18(29-16)10-19-11-26-24-21(23(15-34)33(3)25(24)30-19)13-28-32(2)14-17-7-5-9-22-20(17)12-27-31-22/h4-9,11-13,15H,10,14H2,1-3H3,(H,27,31)/b28-13-. The molecule has 1 aromatic carbocycles. The first kappa shape index (κ1) is 21.4. The van der Waals surface area contributed by atoms with Gasteiger partial charge in [-0.3, -0.25) is 24.9 Å². The van der Waals surface area contributed by atoms with Crippen molar-refractivity contribution in [2.45, 2.75) is 19.9 Å². The number of aromatic nitrogens is 6. The summed E-state index contributed by atoms with van der Waals surface area (Å²) in [7, 11) is 3.70. The zero-order valence-electron chi connectivity index (χ0n) is 19.2. The molecule has 5 aromatic rings. The molecule has 0 bridgehead atoms. The molecule has 0 spiro atoms. The summed E-state index contributed by atoms with van der Waals surface area (Å²) in [4.78, 5) is 25.9. The lowest BCUT2D eigenvalue weighted by molar-refractivity contribution is 0.111. The minimum atomic E-state index is 0.481. The van der Waals surface area contributed by atoms with Crippen LogP contribution in [-0.4, -0.2) is 54.3 Å². The molecule has 4 aromatic heterocycles. The van der Waals surface area contributed by atoms with Crippen LogP contribution < -0.4 is 0 Å². The van der Waals surface area contributed by atoms with E-state index in [2.05, 4.69) is 31.3 Å². The second-order valence-corrected chi connectivity index (χ2v) is 8.27. The third-order valence-electron chi connectivity index (χ3n) is 5.79. The first-order valence-electron chi connectivity index (χ1n) is 10.9. The number of carbonyl (C=O) groups is 1. The van der Waals surface area contributed by atoms with Gasteiger partial charge in [0.1, 0.15) is 5.52 Å². The van der Waals surface area contributed by atoms with Crippen LogP contribution in [0.4, 0.5) is 0 Å². The quantitative estimate of drug-likeness (QED) is 0.230. The number of benzene rings is 1. The topological polar surface area (TPSA) is 105 Å². The van der Waals surface area contributed by atoms with Crippen molar-refractivity contribution in [2.75, 3.05) is 7.05 Å². The lowest BCUT2D eigenvalue weighted by Crippen LogP contribution is -2.11. The second-order valence-electron chi connectivity index (χ2n) is 8.27. The van der Waals surface area contributed by atoms with Gasteiger partial charge in [0.2, 0.25) is 0 Å². The summed E-state index contributed by atoms with van der Waals surface area (Å²) in [6.07, 6.45) is 6.62. The molecule has 9 heteroatoms. The van der Waals surface area contributed by atoms with Crippen LogP contribution in [0.5, 0.6) is 0 Å². The summed E-state index contributed by atoms with van der Waals surface area (Å²) in [5, 5.41) is 14.6. The zero-order valence-corrected chi connectivity index (χ0v) is 19.2. The number of fused-ring (bicyclic) bond motifs is 2. The van der Waals surface area contributed by atoms with Gasteiger partial charge in [0.25, 0.3) is 0 Å². The van der Waals surface area contributed by atoms with Crippen molar-refractivity contribution in [3.63, 3.8) is 0 Å². The van der Waals surface area contributed by atoms with Gasteiger partial charge in [0.05, 0.1) is 41.4 Å². The molecule has 0 atom stereocenters. The Bertz CT molecular complexity index is 1530. The lowest BCUT2D eigenvalue weighted by atomic mass is 10.1. The number of H-pyrrole nitrogens is 1. The minimum Gasteiger partial charge on any atom is -0.324 e. The van der Waals surface area contributed by atoms with Gasteiger partial charge in [-0.1, -0.05) is 18.2 Å². The molecule has 170 valence electrons. The van der Waals surface area contributed by atoms with Gasteiger partial charge >= 0.3 is 0 Å². The van der Waals surface area contributed by atoms with Crippen molar-refractivity contribution in [1.29, 1.82) is 0 Å². The van der Waals surface area contributed by atoms with Gasteiger partial charge in [0.15, 0.2) is 11.9 Å². The highest BCUT2D eigenvalue weighted by Crippen LogP contribution is 2.21. The van der Waals surface area contributed by atoms with Crippen molar-refractivity contribution < 1.29 is 4.79 Å². The van der Waals surface area contributed by atoms with E-state index >= 15 is 0 Å². The molecule has 0 saturated heterocycles. The van der Waals surface area contributed by atoms with Crippen LogP contribution in [0.15, 0.2) is 53.9 Å². The summed E-state index contributed by atoms with van der Waals surface area (Å²) < 4.78 is 1.76. The Morgan fingerprint density at radius 1 is 1.12 bits per heavy atom. The van der Waals surface area contributed by atoms with Crippen LogP contribution in [0.1, 0.15) is 38.7 Å². The molecule has 9 nitrogen and oxygen atoms in total. The number of aryl methyl sites for hydroxylation is 2. The van der Waals surface area contributed by atoms with Crippen LogP contribution in [0.3, 0.4) is 0 Å². The van der Waals surface area contributed by atoms with E-state index in [1.165, 1.54) is 0 Å². The summed E-state index contributed by atoms with van der Waals surface area (Å²) in [6.45, 7) is 2.55. The van der Waals surface area contributed by atoms with Gasteiger partial charge in [-0.25, -0.2) is 4.98 Å². The Kier molecular flexibility index (Phi) is 5.59. The van der Waals surface area contributed by atoms with Crippen LogP contribution >= 0.6 is 0 Å². The largest absolute Gasteiger partial charge is 0.324 e. The van der Waals surface area contributed by atoms with E-state index in [0.717, 1.165) is 39.8 Å². The van der Waals surface area contributed by atoms with Gasteiger partial charge < -0.3 is 4.57 Å². The lowest BCUT2D eigenvalue weighted by Gasteiger charge is -2.13. The SMILES string of the molecule is Cc1cccc(Cc2cnc3c(/C=N\N(C)Cc4cccc5[nH]ncc45)c(C=O)n(C)c3n2)n1. The number of hydrazone groups is 1. The maximum atomic E-state index is 11.9. The Morgan fingerprint density at radius 2 is 1.97 bits per heavy atom. The number of aldehydes is 1. The number of hydrogen-bond acceptors (Lipinski definition) is 7. The first-order valence-corrected chi connectivity index (χ1v) is 10.9. The van der Waals surface area contributed by atoms with Gasteiger partial charge in [-0.2, -0.15) is 10.2 Å². The highest BCUT2D eigenvalue weighted by Gasteiger charge is 2.17. The fourth-order valence-corrected chi connectivity index (χ4v) is 4.10. The molecule has 0 aliphatic carbocycles. The van der Waals surface area contributed by atoms with E-state index in [1.54, 1.807) is 17.0 Å². The second kappa shape index (κ2) is 8.86. The van der Waals surface area contributed by atoms with E-state index in [9.17, 15) is 4.79 Å². The van der Waals surface area contributed by atoms with E-state index in [1.807, 2.05) is 62.6 Å². The number of pyridine rings is 1. The Balaban J connectivity index is 1.43. The number of hydrogen-bond donors (Lipinski definition) is 1. The van der Waals surface area contributed by atoms with Crippen molar-refractivity contribution in [3.8, 4) is 0 Å². The fraction of sp³-hybridized carbons (Fsp3) is 0.200. The maximum absolute atomic E-state index is 11.9. The summed E-state index contributed by atoms with van der Waals surface area (Å²) in [5.41, 5.74) is 7.17. The molecule has 0 radical (unpaired) electrons. The van der Waals surface area contributed by atoms with E-state index in [4.69, 9.17) is 4.98 Å². The molecule has 0 unspecified atom stereocenters. The highest BCUT2D eigenvalue weighted by atomic mass is 16.1. The van der Waals surface area contributed by atoms with Crippen molar-refractivity contribution in [2.24, 2.45) is 12.1 Å².